The van der Waals surface area contributed by atoms with E-state index in [-0.39, 0.29) is 63.0 Å². The lowest BCUT2D eigenvalue weighted by Gasteiger charge is -2.09. The zero-order chi connectivity index (χ0) is 25.3. The fraction of sp³-hybridized carbons (Fsp3) is 0.810. The molecule has 0 saturated carbocycles. The first kappa shape index (κ1) is 31.7. The van der Waals surface area contributed by atoms with E-state index in [1.807, 2.05) is 0 Å². The Bertz CT molecular complexity index is 564. The van der Waals surface area contributed by atoms with E-state index in [2.05, 4.69) is 16.0 Å². The summed E-state index contributed by atoms with van der Waals surface area (Å²) in [6.45, 7) is 5.14. The molecule has 0 bridgehead atoms. The molecule has 0 aromatic rings. The lowest BCUT2D eigenvalue weighted by Crippen LogP contribution is -2.32. The number of carbonyl (C=O) groups excluding carboxylic acids is 4. The molecule has 3 amide bonds. The molecular formula is C21H40N4O9. The normalized spacial score (nSPS) is 10.5. The van der Waals surface area contributed by atoms with Gasteiger partial charge in [0.2, 0.25) is 17.7 Å². The van der Waals surface area contributed by atoms with Crippen molar-refractivity contribution in [2.75, 3.05) is 85.6 Å². The van der Waals surface area contributed by atoms with Crippen LogP contribution in [0.3, 0.4) is 0 Å². The average Bonchev–Trinajstić information content (AvgIpc) is 2.81. The molecule has 0 aromatic carbocycles. The maximum Gasteiger partial charge on any atom is 0.305 e. The van der Waals surface area contributed by atoms with E-state index in [9.17, 15) is 19.2 Å². The molecule has 0 saturated heterocycles. The summed E-state index contributed by atoms with van der Waals surface area (Å²) in [7, 11) is 0. The van der Waals surface area contributed by atoms with Crippen molar-refractivity contribution in [1.29, 1.82) is 0 Å². The molecule has 0 aliphatic heterocycles. The van der Waals surface area contributed by atoms with Gasteiger partial charge in [-0.15, -0.1) is 0 Å². The van der Waals surface area contributed by atoms with E-state index < -0.39 is 0 Å². The van der Waals surface area contributed by atoms with Gasteiger partial charge in [0.25, 0.3) is 0 Å². The van der Waals surface area contributed by atoms with Crippen LogP contribution in [-0.2, 0) is 42.9 Å². The Labute approximate surface area is 200 Å². The highest BCUT2D eigenvalue weighted by Crippen LogP contribution is 1.97. The number of amides is 3. The van der Waals surface area contributed by atoms with Gasteiger partial charge in [0.05, 0.1) is 46.2 Å². The first-order chi connectivity index (χ1) is 16.5. The number of nitrogens with one attached hydrogen (secondary N) is 3. The van der Waals surface area contributed by atoms with Gasteiger partial charge in [-0.05, 0) is 13.3 Å². The van der Waals surface area contributed by atoms with Gasteiger partial charge in [0, 0.05) is 39.0 Å². The molecule has 0 radical (unpaired) electrons. The predicted molar refractivity (Wildman–Crippen MR) is 122 cm³/mol. The van der Waals surface area contributed by atoms with Gasteiger partial charge < -0.3 is 45.4 Å². The zero-order valence-electron chi connectivity index (χ0n) is 20.1. The Morgan fingerprint density at radius 1 is 0.647 bits per heavy atom. The van der Waals surface area contributed by atoms with Crippen LogP contribution in [0.2, 0.25) is 0 Å². The summed E-state index contributed by atoms with van der Waals surface area (Å²) in [5.74, 6) is -0.951. The monoisotopic (exact) mass is 492 g/mol. The second-order valence-electron chi connectivity index (χ2n) is 6.83. The van der Waals surface area contributed by atoms with Crippen molar-refractivity contribution in [3.8, 4) is 0 Å². The Hall–Kier alpha value is -2.32. The second kappa shape index (κ2) is 23.8. The molecule has 0 spiro atoms. The largest absolute Gasteiger partial charge is 0.466 e. The maximum absolute atomic E-state index is 11.6. The summed E-state index contributed by atoms with van der Waals surface area (Å²) in [4.78, 5) is 45.6. The third kappa shape index (κ3) is 22.9. The summed E-state index contributed by atoms with van der Waals surface area (Å²) >= 11 is 0. The van der Waals surface area contributed by atoms with Crippen molar-refractivity contribution >= 4 is 23.7 Å². The van der Waals surface area contributed by atoms with Crippen LogP contribution in [0.15, 0.2) is 0 Å². The highest BCUT2D eigenvalue weighted by molar-refractivity contribution is 5.77. The number of esters is 1. The highest BCUT2D eigenvalue weighted by atomic mass is 16.5. The summed E-state index contributed by atoms with van der Waals surface area (Å²) < 4.78 is 25.7. The van der Waals surface area contributed by atoms with Gasteiger partial charge >= 0.3 is 5.97 Å². The Kier molecular flexibility index (Phi) is 22.2. The van der Waals surface area contributed by atoms with E-state index in [0.717, 1.165) is 0 Å². The fourth-order valence-corrected chi connectivity index (χ4v) is 2.32. The van der Waals surface area contributed by atoms with E-state index in [0.29, 0.717) is 65.6 Å². The highest BCUT2D eigenvalue weighted by Gasteiger charge is 2.05. The van der Waals surface area contributed by atoms with Crippen molar-refractivity contribution in [1.82, 2.24) is 16.0 Å². The smallest absolute Gasteiger partial charge is 0.305 e. The van der Waals surface area contributed by atoms with E-state index in [1.54, 1.807) is 6.92 Å². The van der Waals surface area contributed by atoms with Crippen LogP contribution in [0, 0.1) is 0 Å². The van der Waals surface area contributed by atoms with Crippen molar-refractivity contribution in [2.24, 2.45) is 5.73 Å². The van der Waals surface area contributed by atoms with E-state index in [4.69, 9.17) is 29.4 Å². The maximum atomic E-state index is 11.6. The molecule has 0 aliphatic carbocycles. The Balaban J connectivity index is 3.35. The third-order valence-electron chi connectivity index (χ3n) is 3.90. The fourth-order valence-electron chi connectivity index (χ4n) is 2.32. The van der Waals surface area contributed by atoms with Gasteiger partial charge in [0.15, 0.2) is 0 Å². The van der Waals surface area contributed by atoms with Crippen LogP contribution in [0.1, 0.15) is 26.2 Å². The average molecular weight is 493 g/mol. The molecule has 5 N–H and O–H groups in total. The van der Waals surface area contributed by atoms with Gasteiger partial charge in [-0.2, -0.15) is 0 Å². The number of nitrogens with two attached hydrogens (primary N) is 1. The van der Waals surface area contributed by atoms with Crippen molar-refractivity contribution in [3.63, 3.8) is 0 Å². The van der Waals surface area contributed by atoms with Gasteiger partial charge in [-0.25, -0.2) is 0 Å². The number of ether oxygens (including phenoxy) is 5. The molecule has 198 valence electrons. The molecular weight excluding hydrogens is 452 g/mol. The second-order valence-corrected chi connectivity index (χ2v) is 6.83. The minimum Gasteiger partial charge on any atom is -0.466 e. The molecule has 13 nitrogen and oxygen atoms in total. The SMILES string of the molecule is CCOC(=O)CCCC(=O)NCCOCCOCC(=O)NCCOCCOCC(=O)NCCN. The Morgan fingerprint density at radius 3 is 1.68 bits per heavy atom. The molecule has 34 heavy (non-hydrogen) atoms. The molecule has 0 aliphatic rings. The quantitative estimate of drug-likeness (QED) is 0.0930. The van der Waals surface area contributed by atoms with Gasteiger partial charge in [-0.1, -0.05) is 0 Å². The number of carbonyl (C=O) groups is 4. The van der Waals surface area contributed by atoms with Crippen LogP contribution >= 0.6 is 0 Å². The number of hydrogen-bond donors (Lipinski definition) is 4. The molecule has 13 heteroatoms. The van der Waals surface area contributed by atoms with Crippen LogP contribution in [0.5, 0.6) is 0 Å². The first-order valence-electron chi connectivity index (χ1n) is 11.5. The third-order valence-corrected chi connectivity index (χ3v) is 3.90. The molecule has 0 heterocycles. The predicted octanol–water partition coefficient (Wildman–Crippen LogP) is -1.91. The molecule has 0 aromatic heterocycles. The van der Waals surface area contributed by atoms with Crippen molar-refractivity contribution in [2.45, 2.75) is 26.2 Å². The zero-order valence-corrected chi connectivity index (χ0v) is 20.1. The summed E-state index contributed by atoms with van der Waals surface area (Å²) in [5, 5.41) is 7.92. The lowest BCUT2D eigenvalue weighted by atomic mass is 10.2. The van der Waals surface area contributed by atoms with Crippen LogP contribution in [0.4, 0.5) is 0 Å². The number of hydrogen-bond acceptors (Lipinski definition) is 10. The summed E-state index contributed by atoms with van der Waals surface area (Å²) in [6.07, 6.45) is 0.921. The standard InChI is InChI=1S/C21H40N4O9/c1-2-34-21(29)5-3-4-18(26)24-8-10-30-12-15-33-17-20(28)25-9-11-31-13-14-32-16-19(27)23-7-6-22/h2-17,22H2,1H3,(H,23,27)(H,24,26)(H,25,28). The first-order valence-corrected chi connectivity index (χ1v) is 11.5. The topological polar surface area (TPSA) is 177 Å². The molecule has 0 fully saturated rings. The molecule has 0 atom stereocenters. The molecule has 0 rings (SSSR count). The van der Waals surface area contributed by atoms with E-state index >= 15 is 0 Å². The van der Waals surface area contributed by atoms with Crippen LogP contribution in [0.25, 0.3) is 0 Å². The summed E-state index contributed by atoms with van der Waals surface area (Å²) in [5.41, 5.74) is 5.27. The summed E-state index contributed by atoms with van der Waals surface area (Å²) in [6, 6.07) is 0. The van der Waals surface area contributed by atoms with Crippen molar-refractivity contribution in [3.05, 3.63) is 0 Å². The Morgan fingerprint density at radius 2 is 1.15 bits per heavy atom. The van der Waals surface area contributed by atoms with Gasteiger partial charge in [-0.3, -0.25) is 19.2 Å². The molecule has 0 unspecified atom stereocenters. The minimum absolute atomic E-state index is 0.0473. The van der Waals surface area contributed by atoms with Gasteiger partial charge in [0.1, 0.15) is 13.2 Å². The number of rotatable bonds is 23. The van der Waals surface area contributed by atoms with Crippen LogP contribution in [-0.4, -0.2) is 109 Å². The lowest BCUT2D eigenvalue weighted by molar-refractivity contribution is -0.143. The minimum atomic E-state index is -0.302. The van der Waals surface area contributed by atoms with Crippen LogP contribution < -0.4 is 21.7 Å². The van der Waals surface area contributed by atoms with Crippen molar-refractivity contribution < 1.29 is 42.9 Å². The van der Waals surface area contributed by atoms with E-state index in [1.165, 1.54) is 0 Å².